The average Bonchev–Trinajstić information content (AvgIpc) is 2.34. The average molecular weight is 270 g/mol. The molecule has 0 bridgehead atoms. The van der Waals surface area contributed by atoms with Crippen LogP contribution in [0.5, 0.6) is 0 Å². The number of rotatable bonds is 6. The summed E-state index contributed by atoms with van der Waals surface area (Å²) in [6.07, 6.45) is 0.292. The number of carboxylic acids is 2. The van der Waals surface area contributed by atoms with Crippen LogP contribution in [0.2, 0.25) is 0 Å². The number of hydrogen-bond donors (Lipinski definition) is 3. The van der Waals surface area contributed by atoms with Gasteiger partial charge < -0.3 is 15.3 Å². The molecule has 0 aliphatic heterocycles. The minimum Gasteiger partial charge on any atom is -0.481 e. The second-order valence-electron chi connectivity index (χ2n) is 3.66. The summed E-state index contributed by atoms with van der Waals surface area (Å²) in [6, 6.07) is 4.94. The fourth-order valence-electron chi connectivity index (χ4n) is 1.66. The lowest BCUT2D eigenvalue weighted by atomic mass is 9.98. The van der Waals surface area contributed by atoms with Crippen LogP contribution in [0.3, 0.4) is 0 Å². The largest absolute Gasteiger partial charge is 0.481 e. The normalized spacial score (nSPS) is 12.1. The summed E-state index contributed by atoms with van der Waals surface area (Å²) in [6.45, 7) is 0. The maximum Gasteiger partial charge on any atom is 0.337 e. The topological polar surface area (TPSA) is 94.8 Å². The first kappa shape index (κ1) is 14.5. The van der Waals surface area contributed by atoms with Gasteiger partial charge in [-0.15, -0.1) is 11.8 Å². The van der Waals surface area contributed by atoms with E-state index in [0.29, 0.717) is 5.56 Å². The summed E-state index contributed by atoms with van der Waals surface area (Å²) < 4.78 is 0. The van der Waals surface area contributed by atoms with Crippen LogP contribution >= 0.6 is 11.8 Å². The predicted molar refractivity (Wildman–Crippen MR) is 66.8 cm³/mol. The minimum absolute atomic E-state index is 0.100. The van der Waals surface area contributed by atoms with Crippen molar-refractivity contribution in [3.8, 4) is 0 Å². The summed E-state index contributed by atoms with van der Waals surface area (Å²) in [5.41, 5.74) is 0.845. The van der Waals surface area contributed by atoms with Gasteiger partial charge in [-0.05, 0) is 29.9 Å². The molecule has 0 aliphatic rings. The molecule has 1 aromatic rings. The Labute approximate surface area is 108 Å². The zero-order valence-corrected chi connectivity index (χ0v) is 10.6. The number of aliphatic carboxylic acids is 2. The molecule has 98 valence electrons. The third-order valence-electron chi connectivity index (χ3n) is 2.51. The molecule has 18 heavy (non-hydrogen) atoms. The molecule has 0 aromatic heterocycles. The highest BCUT2D eigenvalue weighted by Gasteiger charge is 2.21. The number of aliphatic hydroxyl groups is 1. The van der Waals surface area contributed by atoms with Crippen LogP contribution in [0.25, 0.3) is 0 Å². The molecule has 1 unspecified atom stereocenters. The lowest BCUT2D eigenvalue weighted by molar-refractivity contribution is -0.147. The van der Waals surface area contributed by atoms with Crippen molar-refractivity contribution in [2.75, 3.05) is 6.26 Å². The van der Waals surface area contributed by atoms with E-state index in [1.807, 2.05) is 6.26 Å². The van der Waals surface area contributed by atoms with Crippen LogP contribution < -0.4 is 0 Å². The molecule has 0 spiro atoms. The molecule has 6 heteroatoms. The van der Waals surface area contributed by atoms with E-state index in [1.165, 1.54) is 17.8 Å². The second kappa shape index (κ2) is 6.42. The Morgan fingerprint density at radius 1 is 1.33 bits per heavy atom. The van der Waals surface area contributed by atoms with Gasteiger partial charge in [-0.3, -0.25) is 4.79 Å². The first-order valence-corrected chi connectivity index (χ1v) is 6.48. The smallest absolute Gasteiger partial charge is 0.337 e. The van der Waals surface area contributed by atoms with Crippen molar-refractivity contribution in [2.45, 2.75) is 23.8 Å². The fraction of sp³-hybridized carbons (Fsp3) is 0.333. The van der Waals surface area contributed by atoms with E-state index in [4.69, 9.17) is 10.2 Å². The first-order valence-electron chi connectivity index (χ1n) is 5.25. The van der Waals surface area contributed by atoms with Crippen molar-refractivity contribution < 1.29 is 24.9 Å². The Balaban J connectivity index is 3.15. The van der Waals surface area contributed by atoms with Gasteiger partial charge in [0.05, 0.1) is 0 Å². The molecule has 1 rings (SSSR count). The van der Waals surface area contributed by atoms with Crippen LogP contribution in [-0.4, -0.2) is 33.5 Å². The van der Waals surface area contributed by atoms with Crippen LogP contribution in [0, 0.1) is 0 Å². The minimum atomic E-state index is -1.62. The number of benzene rings is 1. The summed E-state index contributed by atoms with van der Waals surface area (Å²) >= 11 is 1.39. The van der Waals surface area contributed by atoms with Crippen LogP contribution in [0.4, 0.5) is 0 Å². The highest BCUT2D eigenvalue weighted by atomic mass is 32.2. The molecule has 0 amide bonds. The second-order valence-corrected chi connectivity index (χ2v) is 4.51. The Hall–Kier alpha value is -1.53. The van der Waals surface area contributed by atoms with E-state index in [2.05, 4.69) is 0 Å². The molecule has 1 atom stereocenters. The van der Waals surface area contributed by atoms with Crippen molar-refractivity contribution in [3.63, 3.8) is 0 Å². The summed E-state index contributed by atoms with van der Waals surface area (Å²) in [5, 5.41) is 27.1. The lowest BCUT2D eigenvalue weighted by Gasteiger charge is -2.15. The quantitative estimate of drug-likeness (QED) is 0.679. The monoisotopic (exact) mass is 270 g/mol. The molecule has 1 aromatic carbocycles. The van der Waals surface area contributed by atoms with E-state index in [0.717, 1.165) is 4.90 Å². The molecular formula is C12H14O5S. The van der Waals surface area contributed by atoms with Gasteiger partial charge in [0.2, 0.25) is 0 Å². The molecule has 0 aliphatic carbocycles. The highest BCUT2D eigenvalue weighted by molar-refractivity contribution is 7.98. The SMILES string of the molecule is CSc1cccc(C(O)C(=O)O)c1CCC(=O)O. The Morgan fingerprint density at radius 3 is 2.50 bits per heavy atom. The summed E-state index contributed by atoms with van der Waals surface area (Å²) in [5.74, 6) is -2.30. The Kier molecular flexibility index (Phi) is 5.18. The number of aliphatic hydroxyl groups excluding tert-OH is 1. The molecule has 5 nitrogen and oxygen atoms in total. The van der Waals surface area contributed by atoms with Crippen molar-refractivity contribution >= 4 is 23.7 Å². The first-order chi connectivity index (χ1) is 8.47. The van der Waals surface area contributed by atoms with E-state index in [-0.39, 0.29) is 18.4 Å². The van der Waals surface area contributed by atoms with Gasteiger partial charge in [0.1, 0.15) is 0 Å². The van der Waals surface area contributed by atoms with Gasteiger partial charge in [-0.2, -0.15) is 0 Å². The van der Waals surface area contributed by atoms with Crippen molar-refractivity contribution in [2.24, 2.45) is 0 Å². The van der Waals surface area contributed by atoms with Crippen molar-refractivity contribution in [1.29, 1.82) is 0 Å². The van der Waals surface area contributed by atoms with Gasteiger partial charge in [-0.25, -0.2) is 4.79 Å². The molecule has 0 fully saturated rings. The summed E-state index contributed by atoms with van der Waals surface area (Å²) in [4.78, 5) is 22.2. The van der Waals surface area contributed by atoms with Crippen LogP contribution in [0.1, 0.15) is 23.7 Å². The molecule has 0 radical (unpaired) electrons. The molecular weight excluding hydrogens is 256 g/mol. The lowest BCUT2D eigenvalue weighted by Crippen LogP contribution is -2.14. The zero-order chi connectivity index (χ0) is 13.7. The van der Waals surface area contributed by atoms with E-state index < -0.39 is 18.0 Å². The highest BCUT2D eigenvalue weighted by Crippen LogP contribution is 2.29. The van der Waals surface area contributed by atoms with Gasteiger partial charge in [0.25, 0.3) is 0 Å². The number of hydrogen-bond acceptors (Lipinski definition) is 4. The van der Waals surface area contributed by atoms with Crippen molar-refractivity contribution in [3.05, 3.63) is 29.3 Å². The molecule has 0 heterocycles. The van der Waals surface area contributed by atoms with E-state index >= 15 is 0 Å². The van der Waals surface area contributed by atoms with E-state index in [9.17, 15) is 14.7 Å². The van der Waals surface area contributed by atoms with Crippen LogP contribution in [-0.2, 0) is 16.0 Å². The van der Waals surface area contributed by atoms with Gasteiger partial charge in [-0.1, -0.05) is 12.1 Å². The van der Waals surface area contributed by atoms with E-state index in [1.54, 1.807) is 12.1 Å². The number of thioether (sulfide) groups is 1. The maximum absolute atomic E-state index is 10.8. The van der Waals surface area contributed by atoms with Gasteiger partial charge in [0.15, 0.2) is 6.10 Å². The number of carbonyl (C=O) groups is 2. The predicted octanol–water partition coefficient (Wildman–Crippen LogP) is 1.54. The maximum atomic E-state index is 10.8. The molecule has 0 saturated carbocycles. The van der Waals surface area contributed by atoms with Crippen LogP contribution in [0.15, 0.2) is 23.1 Å². The Morgan fingerprint density at radius 2 is 2.00 bits per heavy atom. The molecule has 0 saturated heterocycles. The van der Waals surface area contributed by atoms with Crippen molar-refractivity contribution in [1.82, 2.24) is 0 Å². The third kappa shape index (κ3) is 3.48. The standard InChI is InChI=1S/C12H14O5S/c1-18-9-4-2-3-8(11(15)12(16)17)7(9)5-6-10(13)14/h2-4,11,15H,5-6H2,1H3,(H,13,14)(H,16,17). The fourth-order valence-corrected chi connectivity index (χ4v) is 2.34. The number of carboxylic acid groups (broad SMARTS) is 2. The van der Waals surface area contributed by atoms with Gasteiger partial charge >= 0.3 is 11.9 Å². The van der Waals surface area contributed by atoms with Gasteiger partial charge in [0, 0.05) is 11.3 Å². The summed E-state index contributed by atoms with van der Waals surface area (Å²) in [7, 11) is 0. The molecule has 3 N–H and O–H groups in total. The Bertz CT molecular complexity index is 458. The third-order valence-corrected chi connectivity index (χ3v) is 3.33. The zero-order valence-electron chi connectivity index (χ0n) is 9.79.